The predicted octanol–water partition coefficient (Wildman–Crippen LogP) is 3.13. The van der Waals surface area contributed by atoms with Crippen LogP contribution in [0.4, 0.5) is 30.6 Å². The zero-order chi connectivity index (χ0) is 19.7. The van der Waals surface area contributed by atoms with Gasteiger partial charge in [0.1, 0.15) is 11.4 Å². The summed E-state index contributed by atoms with van der Waals surface area (Å²) in [4.78, 5) is 10.3. The third-order valence-corrected chi connectivity index (χ3v) is 5.01. The number of halogens is 3. The van der Waals surface area contributed by atoms with Gasteiger partial charge in [0, 0.05) is 44.1 Å². The number of alkyl halides is 3. The van der Waals surface area contributed by atoms with Gasteiger partial charge < -0.3 is 16.4 Å². The van der Waals surface area contributed by atoms with Crippen molar-refractivity contribution in [3.8, 4) is 0 Å². The van der Waals surface area contributed by atoms with Crippen LogP contribution < -0.4 is 16.4 Å². The van der Waals surface area contributed by atoms with Crippen LogP contribution in [-0.4, -0.2) is 40.5 Å². The third-order valence-electron chi connectivity index (χ3n) is 5.01. The number of hydrogen-bond acceptors (Lipinski definition) is 6. The molecule has 2 aliphatic rings. The monoisotopic (exact) mass is 392 g/mol. The molecule has 6 nitrogen and oxygen atoms in total. The largest absolute Gasteiger partial charge is 0.421 e. The van der Waals surface area contributed by atoms with E-state index < -0.39 is 11.7 Å². The van der Waals surface area contributed by atoms with Crippen molar-refractivity contribution in [2.24, 2.45) is 5.73 Å². The number of hydrogen-bond donors (Lipinski definition) is 3. The second-order valence-corrected chi connectivity index (χ2v) is 7.30. The highest BCUT2D eigenvalue weighted by Crippen LogP contribution is 2.36. The van der Waals surface area contributed by atoms with Crippen molar-refractivity contribution in [3.05, 3.63) is 41.1 Å². The average molecular weight is 392 g/mol. The highest BCUT2D eigenvalue weighted by Gasteiger charge is 2.36. The molecule has 2 aromatic rings. The summed E-state index contributed by atoms with van der Waals surface area (Å²) in [6.07, 6.45) is -0.986. The summed E-state index contributed by atoms with van der Waals surface area (Å²) < 4.78 is 39.6. The average Bonchev–Trinajstić information content (AvgIpc) is 3.45. The molecule has 0 atom stereocenters. The van der Waals surface area contributed by atoms with Gasteiger partial charge in [-0.1, -0.05) is 6.07 Å². The number of nitrogens with one attached hydrogen (secondary N) is 2. The summed E-state index contributed by atoms with van der Waals surface area (Å²) in [6.45, 7) is 3.25. The fourth-order valence-electron chi connectivity index (χ4n) is 3.38. The van der Waals surface area contributed by atoms with E-state index in [1.165, 1.54) is 11.1 Å². The van der Waals surface area contributed by atoms with E-state index in [0.29, 0.717) is 6.54 Å². The van der Waals surface area contributed by atoms with Gasteiger partial charge in [0.05, 0.1) is 0 Å². The number of nitrogens with two attached hydrogens (primary N) is 1. The Bertz CT molecular complexity index is 850. The molecule has 9 heteroatoms. The van der Waals surface area contributed by atoms with Gasteiger partial charge in [-0.25, -0.2) is 4.98 Å². The Balaban J connectivity index is 1.55. The van der Waals surface area contributed by atoms with Crippen molar-refractivity contribution in [1.29, 1.82) is 0 Å². The van der Waals surface area contributed by atoms with E-state index >= 15 is 0 Å². The molecule has 0 unspecified atom stereocenters. The standard InChI is InChI=1S/C19H23F3N6/c20-19(21,22)16-10-24-18(27-17(16)25-14-3-4-14)26-15-2-1-12-5-7-28(8-6-23)11-13(12)9-15/h1-2,9-10,14H,3-8,11,23H2,(H2,24,25,26,27). The minimum Gasteiger partial charge on any atom is -0.367 e. The molecule has 1 aromatic carbocycles. The maximum atomic E-state index is 13.2. The van der Waals surface area contributed by atoms with Crippen LogP contribution in [0.15, 0.2) is 24.4 Å². The van der Waals surface area contributed by atoms with Gasteiger partial charge in [-0.3, -0.25) is 4.90 Å². The molecule has 4 N–H and O–H groups in total. The Kier molecular flexibility index (Phi) is 5.11. The minimum absolute atomic E-state index is 0.0566. The predicted molar refractivity (Wildman–Crippen MR) is 101 cm³/mol. The van der Waals surface area contributed by atoms with Crippen molar-refractivity contribution >= 4 is 17.5 Å². The van der Waals surface area contributed by atoms with Crippen LogP contribution in [-0.2, 0) is 19.1 Å². The summed E-state index contributed by atoms with van der Waals surface area (Å²) in [5.41, 5.74) is 8.03. The quantitative estimate of drug-likeness (QED) is 0.701. The molecule has 0 bridgehead atoms. The molecule has 1 aliphatic carbocycles. The van der Waals surface area contributed by atoms with Crippen molar-refractivity contribution in [2.75, 3.05) is 30.3 Å². The molecular weight excluding hydrogens is 369 g/mol. The first kappa shape index (κ1) is 18.9. The van der Waals surface area contributed by atoms with Crippen LogP contribution in [0.3, 0.4) is 0 Å². The van der Waals surface area contributed by atoms with E-state index in [-0.39, 0.29) is 17.8 Å². The van der Waals surface area contributed by atoms with Crippen LogP contribution in [0, 0.1) is 0 Å². The smallest absolute Gasteiger partial charge is 0.367 e. The van der Waals surface area contributed by atoms with Crippen molar-refractivity contribution < 1.29 is 13.2 Å². The SMILES string of the molecule is NCCN1CCc2ccc(Nc3ncc(C(F)(F)F)c(NC4CC4)n3)cc2C1. The van der Waals surface area contributed by atoms with E-state index in [1.807, 2.05) is 18.2 Å². The summed E-state index contributed by atoms with van der Waals surface area (Å²) >= 11 is 0. The van der Waals surface area contributed by atoms with Crippen LogP contribution >= 0.6 is 0 Å². The molecule has 0 saturated heterocycles. The number of aromatic nitrogens is 2. The van der Waals surface area contributed by atoms with E-state index in [2.05, 4.69) is 25.5 Å². The topological polar surface area (TPSA) is 79.1 Å². The Hall–Kier alpha value is -2.39. The summed E-state index contributed by atoms with van der Waals surface area (Å²) in [6, 6.07) is 6.02. The summed E-state index contributed by atoms with van der Waals surface area (Å²) in [5, 5.41) is 5.90. The molecule has 4 rings (SSSR count). The maximum Gasteiger partial charge on any atom is 0.421 e. The van der Waals surface area contributed by atoms with E-state index in [9.17, 15) is 13.2 Å². The van der Waals surface area contributed by atoms with Crippen molar-refractivity contribution in [1.82, 2.24) is 14.9 Å². The highest BCUT2D eigenvalue weighted by atomic mass is 19.4. The Morgan fingerprint density at radius 1 is 1.21 bits per heavy atom. The van der Waals surface area contributed by atoms with E-state index in [0.717, 1.165) is 50.8 Å². The van der Waals surface area contributed by atoms with Crippen LogP contribution in [0.2, 0.25) is 0 Å². The number of fused-ring (bicyclic) bond motifs is 1. The van der Waals surface area contributed by atoms with Gasteiger partial charge in [0.15, 0.2) is 0 Å². The van der Waals surface area contributed by atoms with Crippen LogP contribution in [0.1, 0.15) is 29.5 Å². The normalized spacial score (nSPS) is 17.3. The molecule has 1 aromatic heterocycles. The Morgan fingerprint density at radius 3 is 2.75 bits per heavy atom. The summed E-state index contributed by atoms with van der Waals surface area (Å²) in [5.74, 6) is -0.0229. The molecule has 2 heterocycles. The van der Waals surface area contributed by atoms with E-state index in [4.69, 9.17) is 5.73 Å². The maximum absolute atomic E-state index is 13.2. The summed E-state index contributed by atoms with van der Waals surface area (Å²) in [7, 11) is 0. The van der Waals surface area contributed by atoms with Crippen LogP contribution in [0.5, 0.6) is 0 Å². The second kappa shape index (κ2) is 7.56. The van der Waals surface area contributed by atoms with Gasteiger partial charge in [-0.2, -0.15) is 18.2 Å². The highest BCUT2D eigenvalue weighted by molar-refractivity contribution is 5.59. The Labute approximate surface area is 161 Å². The van der Waals surface area contributed by atoms with E-state index in [1.54, 1.807) is 0 Å². The van der Waals surface area contributed by atoms with Gasteiger partial charge in [-0.15, -0.1) is 0 Å². The number of benzene rings is 1. The molecule has 1 aliphatic heterocycles. The molecule has 0 amide bonds. The lowest BCUT2D eigenvalue weighted by atomic mass is 9.99. The molecule has 0 spiro atoms. The first-order valence-corrected chi connectivity index (χ1v) is 9.44. The fourth-order valence-corrected chi connectivity index (χ4v) is 3.38. The molecule has 28 heavy (non-hydrogen) atoms. The van der Waals surface area contributed by atoms with Gasteiger partial charge in [0.25, 0.3) is 0 Å². The van der Waals surface area contributed by atoms with Gasteiger partial charge in [0.2, 0.25) is 5.95 Å². The Morgan fingerprint density at radius 2 is 2.04 bits per heavy atom. The molecule has 1 fully saturated rings. The second-order valence-electron chi connectivity index (χ2n) is 7.30. The number of anilines is 3. The molecule has 0 radical (unpaired) electrons. The van der Waals surface area contributed by atoms with Crippen molar-refractivity contribution in [3.63, 3.8) is 0 Å². The van der Waals surface area contributed by atoms with Crippen molar-refractivity contribution in [2.45, 2.75) is 38.0 Å². The fraction of sp³-hybridized carbons (Fsp3) is 0.474. The first-order valence-electron chi connectivity index (χ1n) is 9.44. The number of rotatable bonds is 6. The molecule has 150 valence electrons. The lowest BCUT2D eigenvalue weighted by Crippen LogP contribution is -2.34. The minimum atomic E-state index is -4.49. The zero-order valence-electron chi connectivity index (χ0n) is 15.4. The van der Waals surface area contributed by atoms with Gasteiger partial charge in [-0.05, 0) is 42.5 Å². The van der Waals surface area contributed by atoms with Gasteiger partial charge >= 0.3 is 6.18 Å². The number of nitrogens with zero attached hydrogens (tertiary/aromatic N) is 3. The zero-order valence-corrected chi connectivity index (χ0v) is 15.4. The lowest BCUT2D eigenvalue weighted by molar-refractivity contribution is -0.137. The first-order chi connectivity index (χ1) is 13.4. The third kappa shape index (κ3) is 4.36. The molecular formula is C19H23F3N6. The molecule has 1 saturated carbocycles. The lowest BCUT2D eigenvalue weighted by Gasteiger charge is -2.28. The van der Waals surface area contributed by atoms with Crippen LogP contribution in [0.25, 0.3) is 0 Å².